The van der Waals surface area contributed by atoms with Crippen LogP contribution in [0.5, 0.6) is 0 Å². The Labute approximate surface area is 117 Å². The number of halogens is 1. The second kappa shape index (κ2) is 5.70. The van der Waals surface area contributed by atoms with Gasteiger partial charge in [0.05, 0.1) is 6.20 Å². The molecule has 8 heteroatoms. The van der Waals surface area contributed by atoms with E-state index in [1.165, 1.54) is 7.11 Å². The van der Waals surface area contributed by atoms with E-state index in [9.17, 15) is 14.4 Å². The lowest BCUT2D eigenvalue weighted by molar-refractivity contribution is -0.143. The predicted molar refractivity (Wildman–Crippen MR) is 70.9 cm³/mol. The number of nitrogens with zero attached hydrogens (tertiary/aromatic N) is 2. The summed E-state index contributed by atoms with van der Waals surface area (Å²) in [6.45, 7) is 4.53. The fourth-order valence-corrected chi connectivity index (χ4v) is 1.88. The SMILES string of the molecule is CC[C@](C)(OC)n1c(=O)c(Br)cn(OC(C)=O)c1=O. The maximum atomic E-state index is 12.2. The summed E-state index contributed by atoms with van der Waals surface area (Å²) < 4.78 is 6.92. The van der Waals surface area contributed by atoms with Crippen molar-refractivity contribution in [1.29, 1.82) is 0 Å². The van der Waals surface area contributed by atoms with Gasteiger partial charge < -0.3 is 9.57 Å². The van der Waals surface area contributed by atoms with E-state index >= 15 is 0 Å². The molecule has 0 aliphatic heterocycles. The van der Waals surface area contributed by atoms with Gasteiger partial charge in [0.15, 0.2) is 0 Å². The van der Waals surface area contributed by atoms with Gasteiger partial charge in [-0.1, -0.05) is 6.92 Å². The molecule has 0 fully saturated rings. The van der Waals surface area contributed by atoms with Crippen LogP contribution in [0.2, 0.25) is 0 Å². The Hall–Kier alpha value is -1.41. The maximum Gasteiger partial charge on any atom is 0.366 e. The van der Waals surface area contributed by atoms with Gasteiger partial charge in [-0.15, -0.1) is 4.73 Å². The first-order valence-electron chi connectivity index (χ1n) is 5.55. The molecule has 19 heavy (non-hydrogen) atoms. The van der Waals surface area contributed by atoms with Crippen LogP contribution in [-0.4, -0.2) is 22.4 Å². The number of carbonyl (C=O) groups excluding carboxylic acids is 1. The summed E-state index contributed by atoms with van der Waals surface area (Å²) in [5.41, 5.74) is -2.46. The van der Waals surface area contributed by atoms with Gasteiger partial charge in [-0.2, -0.15) is 0 Å². The minimum Gasteiger partial charge on any atom is -0.359 e. The van der Waals surface area contributed by atoms with Gasteiger partial charge >= 0.3 is 11.7 Å². The van der Waals surface area contributed by atoms with Gasteiger partial charge in [-0.25, -0.2) is 14.2 Å². The standard InChI is InChI=1S/C11H15BrN2O5/c1-5-11(3,18-4)14-9(16)8(12)6-13(10(14)17)19-7(2)15/h6H,5H2,1-4H3/t11-/m0/s1. The molecule has 1 heterocycles. The van der Waals surface area contributed by atoms with Gasteiger partial charge in [0, 0.05) is 14.0 Å². The van der Waals surface area contributed by atoms with Crippen LogP contribution >= 0.6 is 15.9 Å². The number of hydrogen-bond acceptors (Lipinski definition) is 5. The van der Waals surface area contributed by atoms with Crippen molar-refractivity contribution in [1.82, 2.24) is 9.30 Å². The van der Waals surface area contributed by atoms with Crippen molar-refractivity contribution in [3.63, 3.8) is 0 Å². The fourth-order valence-electron chi connectivity index (χ4n) is 1.52. The molecule has 0 N–H and O–H groups in total. The van der Waals surface area contributed by atoms with E-state index in [2.05, 4.69) is 15.9 Å². The second-order valence-corrected chi connectivity index (χ2v) is 4.90. The molecule has 7 nitrogen and oxygen atoms in total. The molecule has 0 aromatic carbocycles. The molecule has 0 saturated carbocycles. The summed E-state index contributed by atoms with van der Waals surface area (Å²) in [6, 6.07) is 0. The van der Waals surface area contributed by atoms with E-state index in [1.807, 2.05) is 0 Å². The Kier molecular flexibility index (Phi) is 4.70. The van der Waals surface area contributed by atoms with Crippen LogP contribution in [0.1, 0.15) is 27.2 Å². The lowest BCUT2D eigenvalue weighted by Crippen LogP contribution is -2.52. The monoisotopic (exact) mass is 334 g/mol. The Morgan fingerprint density at radius 2 is 2.05 bits per heavy atom. The van der Waals surface area contributed by atoms with Crippen molar-refractivity contribution >= 4 is 21.9 Å². The van der Waals surface area contributed by atoms with E-state index in [0.29, 0.717) is 11.2 Å². The molecule has 0 spiro atoms. The van der Waals surface area contributed by atoms with E-state index in [1.54, 1.807) is 13.8 Å². The van der Waals surface area contributed by atoms with Gasteiger partial charge in [-0.3, -0.25) is 4.79 Å². The quantitative estimate of drug-likeness (QED) is 0.800. The van der Waals surface area contributed by atoms with Gasteiger partial charge in [0.2, 0.25) is 0 Å². The molecule has 0 unspecified atom stereocenters. The van der Waals surface area contributed by atoms with E-state index in [-0.39, 0.29) is 4.47 Å². The largest absolute Gasteiger partial charge is 0.366 e. The van der Waals surface area contributed by atoms with Crippen LogP contribution in [0.3, 0.4) is 0 Å². The number of aromatic nitrogens is 2. The Morgan fingerprint density at radius 1 is 1.47 bits per heavy atom. The molecule has 106 valence electrons. The maximum absolute atomic E-state index is 12.2. The van der Waals surface area contributed by atoms with Crippen LogP contribution in [0.4, 0.5) is 0 Å². The van der Waals surface area contributed by atoms with Crippen molar-refractivity contribution < 1.29 is 14.4 Å². The Balaban J connectivity index is 3.64. The highest BCUT2D eigenvalue weighted by atomic mass is 79.9. The zero-order valence-electron chi connectivity index (χ0n) is 11.1. The molecule has 0 aliphatic carbocycles. The number of rotatable bonds is 4. The summed E-state index contributed by atoms with van der Waals surface area (Å²) in [4.78, 5) is 39.9. The van der Waals surface area contributed by atoms with Crippen molar-refractivity contribution in [3.8, 4) is 0 Å². The molecule has 0 saturated heterocycles. The van der Waals surface area contributed by atoms with E-state index < -0.39 is 22.9 Å². The number of carbonyl (C=O) groups is 1. The minimum absolute atomic E-state index is 0.0880. The minimum atomic E-state index is -1.13. The van der Waals surface area contributed by atoms with Crippen LogP contribution in [0.25, 0.3) is 0 Å². The molecule has 0 aliphatic rings. The molecule has 0 amide bonds. The topological polar surface area (TPSA) is 79.5 Å². The first-order valence-corrected chi connectivity index (χ1v) is 6.35. The molecule has 0 radical (unpaired) electrons. The molecule has 1 atom stereocenters. The summed E-state index contributed by atoms with van der Waals surface area (Å²) in [7, 11) is 1.40. The number of hydrogen-bond donors (Lipinski definition) is 0. The van der Waals surface area contributed by atoms with Crippen molar-refractivity contribution in [3.05, 3.63) is 31.5 Å². The highest BCUT2D eigenvalue weighted by Gasteiger charge is 2.29. The zero-order chi connectivity index (χ0) is 14.8. The summed E-state index contributed by atoms with van der Waals surface area (Å²) in [6.07, 6.45) is 1.49. The van der Waals surface area contributed by atoms with Crippen LogP contribution in [0.15, 0.2) is 20.3 Å². The summed E-state index contributed by atoms with van der Waals surface area (Å²) >= 11 is 3.03. The predicted octanol–water partition coefficient (Wildman–Crippen LogP) is 0.477. The third-order valence-corrected chi connectivity index (χ3v) is 3.36. The molecule has 0 bridgehead atoms. The normalized spacial score (nSPS) is 13.9. The highest BCUT2D eigenvalue weighted by Crippen LogP contribution is 2.17. The van der Waals surface area contributed by atoms with Crippen LogP contribution in [-0.2, 0) is 15.3 Å². The van der Waals surface area contributed by atoms with Gasteiger partial charge in [0.1, 0.15) is 10.2 Å². The van der Waals surface area contributed by atoms with Gasteiger partial charge in [-0.05, 0) is 29.3 Å². The van der Waals surface area contributed by atoms with Crippen molar-refractivity contribution in [2.45, 2.75) is 32.9 Å². The third-order valence-electron chi connectivity index (χ3n) is 2.81. The fraction of sp³-hybridized carbons (Fsp3) is 0.545. The first-order chi connectivity index (χ1) is 8.76. The molecule has 1 aromatic rings. The number of ether oxygens (including phenoxy) is 1. The average molecular weight is 335 g/mol. The van der Waals surface area contributed by atoms with Crippen LogP contribution in [0, 0.1) is 0 Å². The Morgan fingerprint density at radius 3 is 2.47 bits per heavy atom. The second-order valence-electron chi connectivity index (χ2n) is 4.04. The van der Waals surface area contributed by atoms with Gasteiger partial charge in [0.25, 0.3) is 5.56 Å². The van der Waals surface area contributed by atoms with Crippen molar-refractivity contribution in [2.75, 3.05) is 7.11 Å². The summed E-state index contributed by atoms with van der Waals surface area (Å²) in [5, 5.41) is 0. The lowest BCUT2D eigenvalue weighted by Gasteiger charge is -2.28. The van der Waals surface area contributed by atoms with Crippen LogP contribution < -0.4 is 16.1 Å². The Bertz CT molecular complexity index is 600. The summed E-state index contributed by atoms with van der Waals surface area (Å²) in [5.74, 6) is -0.671. The molecular formula is C11H15BrN2O5. The lowest BCUT2D eigenvalue weighted by atomic mass is 10.2. The molecular weight excluding hydrogens is 320 g/mol. The van der Waals surface area contributed by atoms with Crippen molar-refractivity contribution in [2.24, 2.45) is 0 Å². The van der Waals surface area contributed by atoms with E-state index in [4.69, 9.17) is 9.57 Å². The molecule has 1 rings (SSSR count). The first kappa shape index (κ1) is 15.6. The smallest absolute Gasteiger partial charge is 0.359 e. The average Bonchev–Trinajstić information content (AvgIpc) is 2.35. The third kappa shape index (κ3) is 2.95. The number of methoxy groups -OCH3 is 1. The highest BCUT2D eigenvalue weighted by molar-refractivity contribution is 9.10. The van der Waals surface area contributed by atoms with E-state index in [0.717, 1.165) is 17.7 Å². The zero-order valence-corrected chi connectivity index (χ0v) is 12.7. The molecule has 1 aromatic heterocycles.